The summed E-state index contributed by atoms with van der Waals surface area (Å²) < 4.78 is 0. The van der Waals surface area contributed by atoms with Crippen molar-refractivity contribution in [2.45, 2.75) is 181 Å². The molecule has 0 unspecified atom stereocenters. The van der Waals surface area contributed by atoms with Crippen LogP contribution in [-0.2, 0) is 0 Å². The van der Waals surface area contributed by atoms with E-state index in [2.05, 4.69) is 13.8 Å². The van der Waals surface area contributed by atoms with Crippen molar-refractivity contribution in [2.75, 3.05) is 0 Å². The molecule has 0 amide bonds. The molecule has 0 N–H and O–H groups in total. The van der Waals surface area contributed by atoms with E-state index in [4.69, 9.17) is 0 Å². The third-order valence-electron chi connectivity index (χ3n) is 6.46. The van der Waals surface area contributed by atoms with Crippen LogP contribution >= 0.6 is 0 Å². The van der Waals surface area contributed by atoms with E-state index in [1.54, 1.807) is 0 Å². The Morgan fingerprint density at radius 2 is 0.310 bits per heavy atom. The van der Waals surface area contributed by atoms with Gasteiger partial charge in [-0.15, -0.1) is 0 Å². The van der Waals surface area contributed by atoms with Crippen LogP contribution in [0.5, 0.6) is 0 Å². The standard InChI is InChI=1S/C28H58.Na.H/c1-3-5-7-9-11-13-15-17-19-21-23-25-27-28-26-24-22-20-18-16-14-12-10-8-6-4-2;;/h3-28H2,1-2H3;;. The van der Waals surface area contributed by atoms with Gasteiger partial charge >= 0.3 is 29.6 Å². The first kappa shape index (κ1) is 32.2. The average molecular weight is 419 g/mol. The van der Waals surface area contributed by atoms with E-state index >= 15 is 0 Å². The third kappa shape index (κ3) is 31.3. The van der Waals surface area contributed by atoms with Gasteiger partial charge < -0.3 is 0 Å². The van der Waals surface area contributed by atoms with Gasteiger partial charge in [0.15, 0.2) is 0 Å². The van der Waals surface area contributed by atoms with Crippen molar-refractivity contribution in [3.8, 4) is 0 Å². The fourth-order valence-electron chi connectivity index (χ4n) is 4.39. The first-order valence-electron chi connectivity index (χ1n) is 13.9. The van der Waals surface area contributed by atoms with E-state index in [0.29, 0.717) is 0 Å². The number of hydrogen-bond acceptors (Lipinski definition) is 0. The van der Waals surface area contributed by atoms with Crippen molar-refractivity contribution >= 4 is 29.6 Å². The first-order chi connectivity index (χ1) is 13.9. The van der Waals surface area contributed by atoms with Crippen LogP contribution < -0.4 is 0 Å². The maximum atomic E-state index is 2.30. The molecule has 0 saturated carbocycles. The van der Waals surface area contributed by atoms with Gasteiger partial charge in [-0.2, -0.15) is 0 Å². The molecule has 0 heterocycles. The van der Waals surface area contributed by atoms with E-state index in [9.17, 15) is 0 Å². The average Bonchev–Trinajstić information content (AvgIpc) is 2.71. The monoisotopic (exact) mass is 418 g/mol. The normalized spacial score (nSPS) is 11.0. The van der Waals surface area contributed by atoms with Gasteiger partial charge in [0.05, 0.1) is 0 Å². The molecule has 0 aromatic heterocycles. The fraction of sp³-hybridized carbons (Fsp3) is 1.00. The van der Waals surface area contributed by atoms with E-state index < -0.39 is 0 Å². The van der Waals surface area contributed by atoms with Crippen molar-refractivity contribution in [1.82, 2.24) is 0 Å². The molecule has 0 rings (SSSR count). The SMILES string of the molecule is CCCCCCCCCCCCCCCCCCCCCCCCCCCC.[NaH]. The van der Waals surface area contributed by atoms with Crippen molar-refractivity contribution < 1.29 is 0 Å². The Labute approximate surface area is 209 Å². The van der Waals surface area contributed by atoms with Crippen molar-refractivity contribution in [3.63, 3.8) is 0 Å². The molecule has 29 heavy (non-hydrogen) atoms. The van der Waals surface area contributed by atoms with Crippen LogP contribution in [0, 0.1) is 0 Å². The summed E-state index contributed by atoms with van der Waals surface area (Å²) >= 11 is 0. The quantitative estimate of drug-likeness (QED) is 0.102. The van der Waals surface area contributed by atoms with Crippen LogP contribution in [0.4, 0.5) is 0 Å². The summed E-state index contributed by atoms with van der Waals surface area (Å²) in [6, 6.07) is 0. The zero-order valence-corrected chi connectivity index (χ0v) is 20.4. The molecule has 172 valence electrons. The molecule has 0 nitrogen and oxygen atoms in total. The molecule has 0 aromatic rings. The molecular weight excluding hydrogens is 359 g/mol. The molecule has 0 aliphatic carbocycles. The van der Waals surface area contributed by atoms with Crippen molar-refractivity contribution in [2.24, 2.45) is 0 Å². The summed E-state index contributed by atoms with van der Waals surface area (Å²) in [4.78, 5) is 0. The first-order valence-corrected chi connectivity index (χ1v) is 13.9. The predicted molar refractivity (Wildman–Crippen MR) is 139 cm³/mol. The second-order valence-electron chi connectivity index (χ2n) is 9.49. The van der Waals surface area contributed by atoms with Gasteiger partial charge in [-0.25, -0.2) is 0 Å². The molecule has 0 atom stereocenters. The molecular formula is C28H59Na. The summed E-state index contributed by atoms with van der Waals surface area (Å²) in [5.74, 6) is 0. The molecule has 0 aliphatic rings. The molecule has 0 radical (unpaired) electrons. The Hall–Kier alpha value is 1.00. The van der Waals surface area contributed by atoms with Crippen LogP contribution in [0.25, 0.3) is 0 Å². The second kappa shape index (κ2) is 31.2. The molecule has 1 heteroatoms. The summed E-state index contributed by atoms with van der Waals surface area (Å²) in [6.45, 7) is 4.61. The molecule has 0 fully saturated rings. The molecule has 0 aliphatic heterocycles. The third-order valence-corrected chi connectivity index (χ3v) is 6.46. The Bertz CT molecular complexity index is 225. The Morgan fingerprint density at radius 1 is 0.207 bits per heavy atom. The van der Waals surface area contributed by atoms with Crippen molar-refractivity contribution in [3.05, 3.63) is 0 Å². The van der Waals surface area contributed by atoms with E-state index in [1.807, 2.05) is 0 Å². The minimum absolute atomic E-state index is 0. The molecule has 0 saturated heterocycles. The van der Waals surface area contributed by atoms with Crippen LogP contribution in [0.15, 0.2) is 0 Å². The topological polar surface area (TPSA) is 0 Å². The van der Waals surface area contributed by atoms with Gasteiger partial charge in [0.25, 0.3) is 0 Å². The van der Waals surface area contributed by atoms with Gasteiger partial charge in [-0.05, 0) is 0 Å². The maximum absolute atomic E-state index is 2.30. The zero-order valence-electron chi connectivity index (χ0n) is 20.4. The van der Waals surface area contributed by atoms with Crippen LogP contribution in [0.3, 0.4) is 0 Å². The summed E-state index contributed by atoms with van der Waals surface area (Å²) in [5.41, 5.74) is 0. The van der Waals surface area contributed by atoms with Gasteiger partial charge in [0, 0.05) is 0 Å². The van der Waals surface area contributed by atoms with E-state index in [-0.39, 0.29) is 29.6 Å². The minimum atomic E-state index is 0. The van der Waals surface area contributed by atoms with E-state index in [0.717, 1.165) is 0 Å². The molecule has 0 spiro atoms. The van der Waals surface area contributed by atoms with Gasteiger partial charge in [-0.3, -0.25) is 0 Å². The number of hydrogen-bond donors (Lipinski definition) is 0. The molecule has 0 bridgehead atoms. The van der Waals surface area contributed by atoms with E-state index in [1.165, 1.54) is 167 Å². The van der Waals surface area contributed by atoms with Crippen molar-refractivity contribution in [1.29, 1.82) is 0 Å². The summed E-state index contributed by atoms with van der Waals surface area (Å²) in [7, 11) is 0. The van der Waals surface area contributed by atoms with Gasteiger partial charge in [-0.1, -0.05) is 181 Å². The van der Waals surface area contributed by atoms with Gasteiger partial charge in [0.2, 0.25) is 0 Å². The number of unbranched alkanes of at least 4 members (excludes halogenated alkanes) is 25. The van der Waals surface area contributed by atoms with Crippen LogP contribution in [0.2, 0.25) is 0 Å². The zero-order chi connectivity index (χ0) is 20.4. The molecule has 0 aromatic carbocycles. The second-order valence-corrected chi connectivity index (χ2v) is 9.49. The summed E-state index contributed by atoms with van der Waals surface area (Å²) in [6.07, 6.45) is 38.4. The summed E-state index contributed by atoms with van der Waals surface area (Å²) in [5, 5.41) is 0. The predicted octanol–water partition coefficient (Wildman–Crippen LogP) is 10.5. The fourth-order valence-corrected chi connectivity index (χ4v) is 4.39. The Balaban J connectivity index is 0. The Morgan fingerprint density at radius 3 is 0.414 bits per heavy atom. The van der Waals surface area contributed by atoms with Crippen LogP contribution in [0.1, 0.15) is 181 Å². The van der Waals surface area contributed by atoms with Gasteiger partial charge in [0.1, 0.15) is 0 Å². The number of rotatable bonds is 25. The van der Waals surface area contributed by atoms with Crippen LogP contribution in [-0.4, -0.2) is 29.6 Å². The Kier molecular flexibility index (Phi) is 34.6.